The second-order valence-electron chi connectivity index (χ2n) is 6.53. The molecular formula is C17H24N4O3. The third kappa shape index (κ3) is 2.90. The van der Waals surface area contributed by atoms with E-state index in [4.69, 9.17) is 0 Å². The molecule has 0 aliphatic heterocycles. The van der Waals surface area contributed by atoms with E-state index in [1.165, 1.54) is 0 Å². The molecule has 0 saturated heterocycles. The van der Waals surface area contributed by atoms with E-state index in [2.05, 4.69) is 10.4 Å². The Morgan fingerprint density at radius 1 is 1.42 bits per heavy atom. The van der Waals surface area contributed by atoms with Crippen molar-refractivity contribution in [3.8, 4) is 5.75 Å². The van der Waals surface area contributed by atoms with Crippen LogP contribution in [0.25, 0.3) is 11.0 Å². The van der Waals surface area contributed by atoms with Crippen LogP contribution in [0.15, 0.2) is 11.0 Å². The first-order valence-corrected chi connectivity index (χ1v) is 8.63. The van der Waals surface area contributed by atoms with Crippen LogP contribution in [0, 0.1) is 0 Å². The fraction of sp³-hybridized carbons (Fsp3) is 0.588. The summed E-state index contributed by atoms with van der Waals surface area (Å²) < 4.78 is 3.10. The Bertz CT molecular complexity index is 815. The van der Waals surface area contributed by atoms with Gasteiger partial charge in [-0.3, -0.25) is 14.3 Å². The van der Waals surface area contributed by atoms with Crippen molar-refractivity contribution < 1.29 is 9.90 Å². The Morgan fingerprint density at radius 3 is 2.79 bits per heavy atom. The predicted molar refractivity (Wildman–Crippen MR) is 91.3 cm³/mol. The largest absolute Gasteiger partial charge is 0.505 e. The second-order valence-corrected chi connectivity index (χ2v) is 6.53. The lowest BCUT2D eigenvalue weighted by molar-refractivity contribution is 0.0933. The van der Waals surface area contributed by atoms with Gasteiger partial charge >= 0.3 is 0 Å². The highest BCUT2D eigenvalue weighted by Crippen LogP contribution is 2.26. The third-order valence-corrected chi connectivity index (χ3v) is 4.67. The lowest BCUT2D eigenvalue weighted by Gasteiger charge is -2.14. The molecule has 24 heavy (non-hydrogen) atoms. The molecule has 2 heterocycles. The normalized spacial score (nSPS) is 15.2. The maximum absolute atomic E-state index is 12.8. The van der Waals surface area contributed by atoms with Crippen molar-refractivity contribution in [2.45, 2.75) is 58.0 Å². The van der Waals surface area contributed by atoms with Gasteiger partial charge in [-0.05, 0) is 19.3 Å². The Labute approximate surface area is 140 Å². The zero-order valence-corrected chi connectivity index (χ0v) is 14.2. The molecule has 0 radical (unpaired) electrons. The third-order valence-electron chi connectivity index (χ3n) is 4.67. The number of pyridine rings is 1. The van der Waals surface area contributed by atoms with Gasteiger partial charge in [0, 0.05) is 25.8 Å². The predicted octanol–water partition coefficient (Wildman–Crippen LogP) is 1.91. The summed E-state index contributed by atoms with van der Waals surface area (Å²) >= 11 is 0. The molecule has 1 aliphatic rings. The summed E-state index contributed by atoms with van der Waals surface area (Å²) in [5.74, 6) is -0.818. The highest BCUT2D eigenvalue weighted by atomic mass is 16.3. The summed E-state index contributed by atoms with van der Waals surface area (Å²) in [7, 11) is 1.73. The Kier molecular flexibility index (Phi) is 4.59. The van der Waals surface area contributed by atoms with Crippen LogP contribution in [0.2, 0.25) is 0 Å². The Balaban J connectivity index is 2.08. The van der Waals surface area contributed by atoms with Crippen LogP contribution < -0.4 is 10.9 Å². The maximum Gasteiger partial charge on any atom is 0.267 e. The summed E-state index contributed by atoms with van der Waals surface area (Å²) in [6.07, 6.45) is 7.44. The van der Waals surface area contributed by atoms with Crippen molar-refractivity contribution in [1.29, 1.82) is 0 Å². The fourth-order valence-electron chi connectivity index (χ4n) is 3.38. The topological polar surface area (TPSA) is 89.2 Å². The summed E-state index contributed by atoms with van der Waals surface area (Å²) in [4.78, 5) is 25.4. The molecule has 0 atom stereocenters. The molecule has 1 saturated carbocycles. The van der Waals surface area contributed by atoms with Gasteiger partial charge in [0.1, 0.15) is 5.56 Å². The van der Waals surface area contributed by atoms with Crippen LogP contribution >= 0.6 is 0 Å². The van der Waals surface area contributed by atoms with E-state index < -0.39 is 11.5 Å². The van der Waals surface area contributed by atoms with Gasteiger partial charge in [-0.1, -0.05) is 26.2 Å². The number of aryl methyl sites for hydroxylation is 2. The number of aromatic nitrogens is 3. The molecule has 0 spiro atoms. The van der Waals surface area contributed by atoms with Gasteiger partial charge in [-0.2, -0.15) is 5.10 Å². The number of nitrogens with one attached hydrogen (secondary N) is 1. The van der Waals surface area contributed by atoms with E-state index in [1.54, 1.807) is 22.5 Å². The first kappa shape index (κ1) is 16.5. The molecule has 7 heteroatoms. The summed E-state index contributed by atoms with van der Waals surface area (Å²) in [5, 5.41) is 17.6. The van der Waals surface area contributed by atoms with Gasteiger partial charge in [-0.25, -0.2) is 0 Å². The Hall–Kier alpha value is -2.31. The second kappa shape index (κ2) is 6.67. The smallest absolute Gasteiger partial charge is 0.267 e. The minimum Gasteiger partial charge on any atom is -0.505 e. The van der Waals surface area contributed by atoms with Gasteiger partial charge in [-0.15, -0.1) is 0 Å². The fourth-order valence-corrected chi connectivity index (χ4v) is 3.38. The molecule has 0 aromatic carbocycles. The van der Waals surface area contributed by atoms with E-state index in [1.807, 2.05) is 6.92 Å². The SMILES string of the molecule is CCCCn1c(=O)c(C(=O)NC2CCCC2)c(O)c2nn(C)cc21. The van der Waals surface area contributed by atoms with Crippen molar-refractivity contribution in [1.82, 2.24) is 19.7 Å². The summed E-state index contributed by atoms with van der Waals surface area (Å²) in [6.45, 7) is 2.54. The molecule has 0 unspecified atom stereocenters. The lowest BCUT2D eigenvalue weighted by Crippen LogP contribution is -2.38. The van der Waals surface area contributed by atoms with Crippen LogP contribution in [0.4, 0.5) is 0 Å². The molecule has 1 fully saturated rings. The van der Waals surface area contributed by atoms with Crippen LogP contribution in [-0.4, -0.2) is 31.4 Å². The van der Waals surface area contributed by atoms with Crippen molar-refractivity contribution in [2.75, 3.05) is 0 Å². The van der Waals surface area contributed by atoms with E-state index in [0.29, 0.717) is 17.6 Å². The number of aromatic hydroxyl groups is 1. The molecule has 1 amide bonds. The highest BCUT2D eigenvalue weighted by molar-refractivity contribution is 6.01. The quantitative estimate of drug-likeness (QED) is 0.875. The molecular weight excluding hydrogens is 308 g/mol. The number of amides is 1. The molecule has 2 N–H and O–H groups in total. The molecule has 2 aromatic heterocycles. The van der Waals surface area contributed by atoms with E-state index in [0.717, 1.165) is 38.5 Å². The molecule has 2 aromatic rings. The van der Waals surface area contributed by atoms with E-state index >= 15 is 0 Å². The zero-order chi connectivity index (χ0) is 17.3. The van der Waals surface area contributed by atoms with Crippen LogP contribution in [-0.2, 0) is 13.6 Å². The Morgan fingerprint density at radius 2 is 2.12 bits per heavy atom. The highest BCUT2D eigenvalue weighted by Gasteiger charge is 2.26. The van der Waals surface area contributed by atoms with Crippen molar-refractivity contribution >= 4 is 16.9 Å². The number of rotatable bonds is 5. The molecule has 0 bridgehead atoms. The lowest BCUT2D eigenvalue weighted by atomic mass is 10.1. The van der Waals surface area contributed by atoms with Gasteiger partial charge < -0.3 is 15.0 Å². The molecule has 130 valence electrons. The van der Waals surface area contributed by atoms with Crippen molar-refractivity contribution in [2.24, 2.45) is 7.05 Å². The number of nitrogens with zero attached hydrogens (tertiary/aromatic N) is 3. The zero-order valence-electron chi connectivity index (χ0n) is 14.2. The van der Waals surface area contributed by atoms with Crippen molar-refractivity contribution in [3.05, 3.63) is 22.1 Å². The molecule has 1 aliphatic carbocycles. The maximum atomic E-state index is 12.8. The number of unbranched alkanes of at least 4 members (excludes halogenated alkanes) is 1. The summed E-state index contributed by atoms with van der Waals surface area (Å²) in [6, 6.07) is 0.0832. The summed E-state index contributed by atoms with van der Waals surface area (Å²) in [5.41, 5.74) is 0.219. The van der Waals surface area contributed by atoms with Crippen LogP contribution in [0.1, 0.15) is 55.8 Å². The average molecular weight is 332 g/mol. The standard InChI is InChI=1S/C17H24N4O3/c1-3-4-9-21-12-10-20(2)19-14(12)15(22)13(17(21)24)16(23)18-11-7-5-6-8-11/h10-11,22H,3-9H2,1-2H3,(H,18,23). The number of hydrogen-bond acceptors (Lipinski definition) is 4. The van der Waals surface area contributed by atoms with Gasteiger partial charge in [0.05, 0.1) is 5.52 Å². The average Bonchev–Trinajstić information content (AvgIpc) is 3.17. The van der Waals surface area contributed by atoms with Gasteiger partial charge in [0.25, 0.3) is 11.5 Å². The number of fused-ring (bicyclic) bond motifs is 1. The van der Waals surface area contributed by atoms with Crippen LogP contribution in [0.5, 0.6) is 5.75 Å². The minimum atomic E-state index is -0.498. The minimum absolute atomic E-state index is 0.0832. The van der Waals surface area contributed by atoms with Crippen LogP contribution in [0.3, 0.4) is 0 Å². The monoisotopic (exact) mass is 332 g/mol. The van der Waals surface area contributed by atoms with E-state index in [-0.39, 0.29) is 17.4 Å². The van der Waals surface area contributed by atoms with Gasteiger partial charge in [0.15, 0.2) is 11.3 Å². The first-order chi connectivity index (χ1) is 11.5. The first-order valence-electron chi connectivity index (χ1n) is 8.63. The van der Waals surface area contributed by atoms with Crippen molar-refractivity contribution in [3.63, 3.8) is 0 Å². The number of hydrogen-bond donors (Lipinski definition) is 2. The number of carbonyl (C=O) groups excluding carboxylic acids is 1. The molecule has 7 nitrogen and oxygen atoms in total. The number of carbonyl (C=O) groups is 1. The van der Waals surface area contributed by atoms with Gasteiger partial charge in [0.2, 0.25) is 0 Å². The van der Waals surface area contributed by atoms with E-state index in [9.17, 15) is 14.7 Å². The molecule has 3 rings (SSSR count).